The second kappa shape index (κ2) is 7.12. The summed E-state index contributed by atoms with van der Waals surface area (Å²) in [5.41, 5.74) is 0.439. The largest absolute Gasteiger partial charge is 0.508 e. The minimum atomic E-state index is -0.149. The van der Waals surface area contributed by atoms with E-state index in [2.05, 4.69) is 0 Å². The lowest BCUT2D eigenvalue weighted by Gasteiger charge is -2.35. The Morgan fingerprint density at radius 3 is 2.46 bits per heavy atom. The normalized spacial score (nSPS) is 18.2. The van der Waals surface area contributed by atoms with Crippen molar-refractivity contribution in [3.63, 3.8) is 0 Å². The highest BCUT2D eigenvalue weighted by Crippen LogP contribution is 2.16. The Hall–Kier alpha value is -2.22. The number of benzene rings is 1. The van der Waals surface area contributed by atoms with E-state index in [1.54, 1.807) is 26.8 Å². The third-order valence-electron chi connectivity index (χ3n) is 4.16. The molecule has 0 atom stereocenters. The van der Waals surface area contributed by atoms with Crippen molar-refractivity contribution in [2.75, 3.05) is 44.4 Å². The minimum absolute atomic E-state index is 0.00560. The van der Waals surface area contributed by atoms with E-state index in [0.29, 0.717) is 43.4 Å². The molecule has 0 aromatic heterocycles. The highest BCUT2D eigenvalue weighted by atomic mass is 32.2. The van der Waals surface area contributed by atoms with Crippen molar-refractivity contribution in [3.8, 4) is 5.75 Å². The molecule has 0 aliphatic carbocycles. The summed E-state index contributed by atoms with van der Waals surface area (Å²) in [6.07, 6.45) is 0. The van der Waals surface area contributed by atoms with Crippen molar-refractivity contribution in [1.82, 2.24) is 14.7 Å². The molecule has 3 amide bonds. The number of carbonyl (C=O) groups is 3. The molecule has 1 N–H and O–H groups in total. The fourth-order valence-electron chi connectivity index (χ4n) is 2.78. The van der Waals surface area contributed by atoms with Gasteiger partial charge in [0.05, 0.1) is 11.6 Å². The van der Waals surface area contributed by atoms with Crippen LogP contribution in [0.3, 0.4) is 0 Å². The van der Waals surface area contributed by atoms with Crippen molar-refractivity contribution < 1.29 is 19.5 Å². The first-order valence-electron chi connectivity index (χ1n) is 7.76. The summed E-state index contributed by atoms with van der Waals surface area (Å²) in [6, 6.07) is 6.26. The van der Waals surface area contributed by atoms with Gasteiger partial charge < -0.3 is 19.8 Å². The maximum atomic E-state index is 12.4. The number of phenolic OH excluding ortho intramolecular Hbond substituents is 1. The maximum Gasteiger partial charge on any atom is 0.254 e. The fourth-order valence-corrected chi connectivity index (χ4v) is 3.69. The van der Waals surface area contributed by atoms with Gasteiger partial charge in [-0.25, -0.2) is 0 Å². The Morgan fingerprint density at radius 1 is 1.12 bits per heavy atom. The Kier molecular flexibility index (Phi) is 4.94. The van der Waals surface area contributed by atoms with Crippen LogP contribution >= 0.6 is 11.8 Å². The highest BCUT2D eigenvalue weighted by Gasteiger charge is 2.28. The van der Waals surface area contributed by atoms with E-state index in [1.807, 2.05) is 0 Å². The molecule has 2 aliphatic heterocycles. The van der Waals surface area contributed by atoms with Gasteiger partial charge in [0.2, 0.25) is 11.8 Å². The Morgan fingerprint density at radius 2 is 1.83 bits per heavy atom. The van der Waals surface area contributed by atoms with E-state index in [9.17, 15) is 19.5 Å². The first-order chi connectivity index (χ1) is 11.5. The molecule has 0 unspecified atom stereocenters. The van der Waals surface area contributed by atoms with Crippen LogP contribution in [0.4, 0.5) is 0 Å². The second-order valence-corrected chi connectivity index (χ2v) is 6.75. The van der Waals surface area contributed by atoms with Crippen molar-refractivity contribution >= 4 is 29.5 Å². The van der Waals surface area contributed by atoms with Gasteiger partial charge in [-0.1, -0.05) is 6.07 Å². The number of aromatic hydroxyl groups is 1. The molecule has 2 aliphatic rings. The third-order valence-corrected chi connectivity index (χ3v) is 5.11. The summed E-state index contributed by atoms with van der Waals surface area (Å²) in [7, 11) is 0. The molecule has 0 bridgehead atoms. The number of hydrogen-bond acceptors (Lipinski definition) is 5. The molecule has 8 heteroatoms. The van der Waals surface area contributed by atoms with Gasteiger partial charge in [0.1, 0.15) is 12.3 Å². The number of rotatable bonds is 3. The van der Waals surface area contributed by atoms with Gasteiger partial charge in [0.15, 0.2) is 0 Å². The fraction of sp³-hybridized carbons (Fsp3) is 0.438. The van der Waals surface area contributed by atoms with Crippen molar-refractivity contribution in [2.24, 2.45) is 0 Å². The van der Waals surface area contributed by atoms with Crippen LogP contribution in [0.25, 0.3) is 0 Å². The van der Waals surface area contributed by atoms with E-state index >= 15 is 0 Å². The molecule has 0 saturated carbocycles. The standard InChI is InChI=1S/C16H19N3O4S/c20-13-3-1-2-12(8-13)16(23)18-6-4-17(5-7-18)14(21)9-19-11-24-10-15(19)22/h1-3,8,20H,4-7,9-11H2. The van der Waals surface area contributed by atoms with Gasteiger partial charge in [-0.15, -0.1) is 11.8 Å². The molecular formula is C16H19N3O4S. The molecule has 2 heterocycles. The number of piperazine rings is 1. The van der Waals surface area contributed by atoms with Gasteiger partial charge in [-0.2, -0.15) is 0 Å². The average molecular weight is 349 g/mol. The number of nitrogens with zero attached hydrogens (tertiary/aromatic N) is 3. The molecule has 24 heavy (non-hydrogen) atoms. The number of hydrogen-bond donors (Lipinski definition) is 1. The number of phenols is 1. The molecular weight excluding hydrogens is 330 g/mol. The summed E-state index contributed by atoms with van der Waals surface area (Å²) < 4.78 is 0. The van der Waals surface area contributed by atoms with E-state index in [-0.39, 0.29) is 30.0 Å². The quantitative estimate of drug-likeness (QED) is 0.844. The van der Waals surface area contributed by atoms with E-state index < -0.39 is 0 Å². The van der Waals surface area contributed by atoms with Crippen molar-refractivity contribution in [2.45, 2.75) is 0 Å². The number of carbonyl (C=O) groups excluding carboxylic acids is 3. The van der Waals surface area contributed by atoms with Gasteiger partial charge in [0, 0.05) is 31.7 Å². The average Bonchev–Trinajstić information content (AvgIpc) is 2.99. The monoisotopic (exact) mass is 349 g/mol. The molecule has 0 radical (unpaired) electrons. The van der Waals surface area contributed by atoms with Crippen LogP contribution in [-0.4, -0.2) is 81.9 Å². The van der Waals surface area contributed by atoms with Crippen LogP contribution in [0.15, 0.2) is 24.3 Å². The Balaban J connectivity index is 1.52. The summed E-state index contributed by atoms with van der Waals surface area (Å²) in [5.74, 6) is 0.855. The van der Waals surface area contributed by atoms with E-state index in [1.165, 1.54) is 23.9 Å². The number of thioether (sulfide) groups is 1. The van der Waals surface area contributed by atoms with Crippen molar-refractivity contribution in [3.05, 3.63) is 29.8 Å². The van der Waals surface area contributed by atoms with Gasteiger partial charge in [0.25, 0.3) is 5.91 Å². The van der Waals surface area contributed by atoms with Gasteiger partial charge in [-0.05, 0) is 18.2 Å². The molecule has 0 spiro atoms. The van der Waals surface area contributed by atoms with Crippen LogP contribution in [0, 0.1) is 0 Å². The highest BCUT2D eigenvalue weighted by molar-refractivity contribution is 8.00. The molecule has 2 fully saturated rings. The third kappa shape index (κ3) is 3.64. The molecule has 3 rings (SSSR count). The summed E-state index contributed by atoms with van der Waals surface area (Å²) >= 11 is 1.51. The lowest BCUT2D eigenvalue weighted by Crippen LogP contribution is -2.52. The topological polar surface area (TPSA) is 81.2 Å². The SMILES string of the molecule is O=C(CN1CSCC1=O)N1CCN(C(=O)c2cccc(O)c2)CC1. The van der Waals surface area contributed by atoms with Crippen LogP contribution in [-0.2, 0) is 9.59 Å². The molecule has 1 aromatic rings. The zero-order chi connectivity index (χ0) is 17.1. The van der Waals surface area contributed by atoms with Crippen LogP contribution < -0.4 is 0 Å². The minimum Gasteiger partial charge on any atom is -0.508 e. The Labute approximate surface area is 144 Å². The zero-order valence-electron chi connectivity index (χ0n) is 13.2. The van der Waals surface area contributed by atoms with Crippen LogP contribution in [0.2, 0.25) is 0 Å². The first kappa shape index (κ1) is 16.6. The maximum absolute atomic E-state index is 12.4. The number of amides is 3. The smallest absolute Gasteiger partial charge is 0.254 e. The lowest BCUT2D eigenvalue weighted by atomic mass is 10.1. The Bertz CT molecular complexity index is 658. The summed E-state index contributed by atoms with van der Waals surface area (Å²) in [5, 5.41) is 9.47. The molecule has 1 aromatic carbocycles. The zero-order valence-corrected chi connectivity index (χ0v) is 14.0. The van der Waals surface area contributed by atoms with Crippen molar-refractivity contribution in [1.29, 1.82) is 0 Å². The molecule has 7 nitrogen and oxygen atoms in total. The predicted molar refractivity (Wildman–Crippen MR) is 89.6 cm³/mol. The second-order valence-electron chi connectivity index (χ2n) is 5.79. The van der Waals surface area contributed by atoms with Crippen LogP contribution in [0.5, 0.6) is 5.75 Å². The van der Waals surface area contributed by atoms with E-state index in [0.717, 1.165) is 0 Å². The molecule has 128 valence electrons. The lowest BCUT2D eigenvalue weighted by molar-refractivity contribution is -0.138. The van der Waals surface area contributed by atoms with Gasteiger partial charge in [-0.3, -0.25) is 14.4 Å². The summed E-state index contributed by atoms with van der Waals surface area (Å²) in [4.78, 5) is 41.2. The molecule has 2 saturated heterocycles. The van der Waals surface area contributed by atoms with E-state index in [4.69, 9.17) is 0 Å². The van der Waals surface area contributed by atoms with Crippen LogP contribution in [0.1, 0.15) is 10.4 Å². The summed E-state index contributed by atoms with van der Waals surface area (Å²) in [6.45, 7) is 1.93. The first-order valence-corrected chi connectivity index (χ1v) is 8.91. The van der Waals surface area contributed by atoms with Gasteiger partial charge >= 0.3 is 0 Å². The predicted octanol–water partition coefficient (Wildman–Crippen LogP) is 0.210.